The Morgan fingerprint density at radius 1 is 1.26 bits per heavy atom. The Bertz CT molecular complexity index is 571. The van der Waals surface area contributed by atoms with Crippen LogP contribution < -0.4 is 14.8 Å². The van der Waals surface area contributed by atoms with Crippen molar-refractivity contribution in [2.24, 2.45) is 7.05 Å². The smallest absolute Gasteiger partial charge is 0.145 e. The summed E-state index contributed by atoms with van der Waals surface area (Å²) in [4.78, 5) is 0. The third-order valence-electron chi connectivity index (χ3n) is 2.74. The number of nitrogens with one attached hydrogen (secondary N) is 1. The molecular formula is C12H15ClN4O2. The van der Waals surface area contributed by atoms with E-state index in [2.05, 4.69) is 15.6 Å². The Labute approximate surface area is 116 Å². The van der Waals surface area contributed by atoms with Crippen LogP contribution in [0.5, 0.6) is 11.5 Å². The fourth-order valence-corrected chi connectivity index (χ4v) is 1.90. The van der Waals surface area contributed by atoms with Gasteiger partial charge < -0.3 is 14.8 Å². The number of rotatable bonds is 5. The van der Waals surface area contributed by atoms with E-state index in [0.29, 0.717) is 23.1 Å². The maximum Gasteiger partial charge on any atom is 0.145 e. The van der Waals surface area contributed by atoms with Crippen molar-refractivity contribution in [2.75, 3.05) is 19.5 Å². The highest BCUT2D eigenvalue weighted by Gasteiger charge is 2.10. The fourth-order valence-electron chi connectivity index (χ4n) is 1.65. The first-order valence-corrected chi connectivity index (χ1v) is 6.02. The van der Waals surface area contributed by atoms with Gasteiger partial charge in [-0.15, -0.1) is 5.10 Å². The molecule has 0 amide bonds. The van der Waals surface area contributed by atoms with E-state index in [4.69, 9.17) is 21.1 Å². The first-order valence-electron chi connectivity index (χ1n) is 5.64. The molecule has 0 spiro atoms. The van der Waals surface area contributed by atoms with Gasteiger partial charge in [-0.25, -0.2) is 0 Å². The normalized spacial score (nSPS) is 10.3. The largest absolute Gasteiger partial charge is 0.495 e. The summed E-state index contributed by atoms with van der Waals surface area (Å²) in [6.07, 6.45) is 1.70. The third-order valence-corrected chi connectivity index (χ3v) is 3.04. The van der Waals surface area contributed by atoms with Gasteiger partial charge in [-0.05, 0) is 6.07 Å². The monoisotopic (exact) mass is 282 g/mol. The van der Waals surface area contributed by atoms with Crippen molar-refractivity contribution in [1.29, 1.82) is 0 Å². The van der Waals surface area contributed by atoms with Gasteiger partial charge in [-0.3, -0.25) is 4.68 Å². The Hall–Kier alpha value is -1.95. The summed E-state index contributed by atoms with van der Waals surface area (Å²) >= 11 is 6.10. The van der Waals surface area contributed by atoms with E-state index in [-0.39, 0.29) is 0 Å². The molecule has 0 radical (unpaired) electrons. The van der Waals surface area contributed by atoms with Crippen molar-refractivity contribution in [3.05, 3.63) is 29.0 Å². The summed E-state index contributed by atoms with van der Waals surface area (Å²) in [5.74, 6) is 1.24. The molecule has 102 valence electrons. The number of halogens is 1. The first kappa shape index (κ1) is 13.5. The molecule has 1 aromatic heterocycles. The molecule has 0 atom stereocenters. The summed E-state index contributed by atoms with van der Waals surface area (Å²) in [7, 11) is 5.00. The van der Waals surface area contributed by atoms with E-state index in [1.807, 2.05) is 7.05 Å². The van der Waals surface area contributed by atoms with Crippen molar-refractivity contribution in [2.45, 2.75) is 6.54 Å². The number of nitrogens with zero attached hydrogens (tertiary/aromatic N) is 3. The molecule has 1 N–H and O–H groups in total. The van der Waals surface area contributed by atoms with Crippen LogP contribution in [0.15, 0.2) is 18.3 Å². The Kier molecular flexibility index (Phi) is 4.11. The average Bonchev–Trinajstić information content (AvgIpc) is 2.82. The van der Waals surface area contributed by atoms with Gasteiger partial charge in [0.05, 0.1) is 43.4 Å². The van der Waals surface area contributed by atoms with Crippen LogP contribution in [-0.4, -0.2) is 29.2 Å². The zero-order chi connectivity index (χ0) is 13.8. The highest BCUT2D eigenvalue weighted by atomic mass is 35.5. The van der Waals surface area contributed by atoms with Crippen LogP contribution in [0, 0.1) is 0 Å². The zero-order valence-corrected chi connectivity index (χ0v) is 11.7. The topological polar surface area (TPSA) is 61.2 Å². The van der Waals surface area contributed by atoms with Crippen LogP contribution in [0.3, 0.4) is 0 Å². The fraction of sp³-hybridized carbons (Fsp3) is 0.333. The van der Waals surface area contributed by atoms with E-state index in [1.165, 1.54) is 0 Å². The summed E-state index contributed by atoms with van der Waals surface area (Å²) in [5.41, 5.74) is 1.74. The molecule has 0 aliphatic heterocycles. The van der Waals surface area contributed by atoms with Crippen LogP contribution >= 0.6 is 11.6 Å². The zero-order valence-electron chi connectivity index (χ0n) is 11.0. The van der Waals surface area contributed by atoms with Gasteiger partial charge in [0.2, 0.25) is 0 Å². The second-order valence-corrected chi connectivity index (χ2v) is 4.30. The second kappa shape index (κ2) is 5.79. The summed E-state index contributed by atoms with van der Waals surface area (Å²) < 4.78 is 12.2. The lowest BCUT2D eigenvalue weighted by Gasteiger charge is -2.13. The third kappa shape index (κ3) is 2.90. The molecule has 1 heterocycles. The Morgan fingerprint density at radius 3 is 2.58 bits per heavy atom. The molecule has 0 fully saturated rings. The van der Waals surface area contributed by atoms with Gasteiger partial charge in [0.1, 0.15) is 11.5 Å². The second-order valence-electron chi connectivity index (χ2n) is 3.89. The van der Waals surface area contributed by atoms with Crippen molar-refractivity contribution >= 4 is 17.3 Å². The maximum absolute atomic E-state index is 6.10. The molecule has 6 nitrogen and oxygen atoms in total. The number of hydrogen-bond acceptors (Lipinski definition) is 5. The minimum absolute atomic E-state index is 0.522. The van der Waals surface area contributed by atoms with E-state index in [9.17, 15) is 0 Å². The number of aromatic nitrogens is 3. The van der Waals surface area contributed by atoms with Gasteiger partial charge >= 0.3 is 0 Å². The van der Waals surface area contributed by atoms with Crippen LogP contribution in [0.4, 0.5) is 5.69 Å². The number of aryl methyl sites for hydroxylation is 1. The maximum atomic E-state index is 6.10. The molecule has 0 saturated carbocycles. The predicted molar refractivity (Wildman–Crippen MR) is 72.9 cm³/mol. The van der Waals surface area contributed by atoms with Crippen LogP contribution in [0.2, 0.25) is 5.02 Å². The summed E-state index contributed by atoms with van der Waals surface area (Å²) in [6, 6.07) is 3.51. The molecule has 1 aromatic carbocycles. The quantitative estimate of drug-likeness (QED) is 0.910. The summed E-state index contributed by atoms with van der Waals surface area (Å²) in [6.45, 7) is 0.572. The van der Waals surface area contributed by atoms with Gasteiger partial charge in [-0.1, -0.05) is 16.8 Å². The van der Waals surface area contributed by atoms with E-state index >= 15 is 0 Å². The van der Waals surface area contributed by atoms with E-state index in [0.717, 1.165) is 11.4 Å². The Morgan fingerprint density at radius 2 is 2.00 bits per heavy atom. The lowest BCUT2D eigenvalue weighted by atomic mass is 10.2. The minimum Gasteiger partial charge on any atom is -0.495 e. The molecule has 19 heavy (non-hydrogen) atoms. The molecule has 0 saturated heterocycles. The SMILES string of the molecule is COc1cc(OC)c(NCc2cnnn2C)cc1Cl. The Balaban J connectivity index is 2.20. The first-order chi connectivity index (χ1) is 9.15. The number of benzene rings is 1. The van der Waals surface area contributed by atoms with E-state index < -0.39 is 0 Å². The van der Waals surface area contributed by atoms with Crippen LogP contribution in [-0.2, 0) is 13.6 Å². The lowest BCUT2D eigenvalue weighted by Crippen LogP contribution is -2.06. The molecule has 2 aromatic rings. The van der Waals surface area contributed by atoms with Gasteiger partial charge in [0, 0.05) is 13.1 Å². The molecule has 0 aliphatic carbocycles. The van der Waals surface area contributed by atoms with Crippen LogP contribution in [0.1, 0.15) is 5.69 Å². The molecule has 0 unspecified atom stereocenters. The van der Waals surface area contributed by atoms with Crippen molar-refractivity contribution in [1.82, 2.24) is 15.0 Å². The predicted octanol–water partition coefficient (Wildman–Crippen LogP) is 2.10. The van der Waals surface area contributed by atoms with Gasteiger partial charge in [-0.2, -0.15) is 0 Å². The lowest BCUT2D eigenvalue weighted by molar-refractivity contribution is 0.395. The minimum atomic E-state index is 0.522. The molecule has 0 aliphatic rings. The standard InChI is InChI=1S/C12H15ClN4O2/c1-17-8(7-15-16-17)6-14-10-4-9(13)11(18-2)5-12(10)19-3/h4-5,7,14H,6H2,1-3H3. The van der Waals surface area contributed by atoms with Crippen molar-refractivity contribution in [3.63, 3.8) is 0 Å². The van der Waals surface area contributed by atoms with E-state index in [1.54, 1.807) is 37.2 Å². The van der Waals surface area contributed by atoms with Gasteiger partial charge in [0.25, 0.3) is 0 Å². The number of hydrogen-bond donors (Lipinski definition) is 1. The highest BCUT2D eigenvalue weighted by Crippen LogP contribution is 2.35. The molecule has 0 bridgehead atoms. The highest BCUT2D eigenvalue weighted by molar-refractivity contribution is 6.32. The van der Waals surface area contributed by atoms with Crippen molar-refractivity contribution < 1.29 is 9.47 Å². The van der Waals surface area contributed by atoms with Gasteiger partial charge in [0.15, 0.2) is 0 Å². The summed E-state index contributed by atoms with van der Waals surface area (Å²) in [5, 5.41) is 11.4. The van der Waals surface area contributed by atoms with Crippen LogP contribution in [0.25, 0.3) is 0 Å². The number of methoxy groups -OCH3 is 2. The average molecular weight is 283 g/mol. The number of ether oxygens (including phenoxy) is 2. The van der Waals surface area contributed by atoms with Crippen molar-refractivity contribution in [3.8, 4) is 11.5 Å². The molecular weight excluding hydrogens is 268 g/mol. The number of anilines is 1. The molecule has 7 heteroatoms. The molecule has 2 rings (SSSR count).